The van der Waals surface area contributed by atoms with Gasteiger partial charge >= 0.3 is 5.97 Å². The number of esters is 1. The van der Waals surface area contributed by atoms with Gasteiger partial charge in [0, 0.05) is 12.2 Å². The molecule has 0 saturated carbocycles. The number of carbonyl (C=O) groups is 2. The summed E-state index contributed by atoms with van der Waals surface area (Å²) in [5, 5.41) is 0. The van der Waals surface area contributed by atoms with Crippen molar-refractivity contribution in [3.63, 3.8) is 0 Å². The molecule has 2 saturated heterocycles. The van der Waals surface area contributed by atoms with Crippen molar-refractivity contribution >= 4 is 23.6 Å². The van der Waals surface area contributed by atoms with Crippen LogP contribution < -0.4 is 9.47 Å². The van der Waals surface area contributed by atoms with Crippen molar-refractivity contribution < 1.29 is 19.1 Å². The van der Waals surface area contributed by atoms with Crippen LogP contribution in [0.15, 0.2) is 24.3 Å². The van der Waals surface area contributed by atoms with Gasteiger partial charge in [-0.3, -0.25) is 4.79 Å². The fourth-order valence-electron chi connectivity index (χ4n) is 2.95. The van der Waals surface area contributed by atoms with Gasteiger partial charge < -0.3 is 14.4 Å². The molecule has 0 aliphatic carbocycles. The summed E-state index contributed by atoms with van der Waals surface area (Å²) in [5.74, 6) is 1.48. The Hall–Kier alpha value is -1.69. The zero-order valence-corrected chi connectivity index (χ0v) is 13.5. The molecular weight excluding hydrogens is 302 g/mol. The number of thioether (sulfide) groups is 1. The van der Waals surface area contributed by atoms with Gasteiger partial charge in [0.2, 0.25) is 5.91 Å². The predicted octanol–water partition coefficient (Wildman–Crippen LogP) is 2.44. The lowest BCUT2D eigenvalue weighted by Crippen LogP contribution is -2.47. The number of amides is 1. The van der Waals surface area contributed by atoms with E-state index in [2.05, 4.69) is 0 Å². The van der Waals surface area contributed by atoms with E-state index in [-0.39, 0.29) is 16.7 Å². The Labute approximate surface area is 134 Å². The molecule has 0 aromatic heterocycles. The Balaban J connectivity index is 1.68. The average molecular weight is 321 g/mol. The topological polar surface area (TPSA) is 55.8 Å². The van der Waals surface area contributed by atoms with Gasteiger partial charge in [-0.15, -0.1) is 11.8 Å². The maximum Gasteiger partial charge on any atom is 0.335 e. The smallest absolute Gasteiger partial charge is 0.335 e. The fraction of sp³-hybridized carbons (Fsp3) is 0.500. The van der Waals surface area contributed by atoms with E-state index < -0.39 is 6.04 Å². The molecule has 2 fully saturated rings. The minimum atomic E-state index is -0.489. The maximum atomic E-state index is 12.4. The number of rotatable bonds is 4. The molecule has 2 heterocycles. The molecule has 3 rings (SSSR count). The monoisotopic (exact) mass is 321 g/mol. The number of hydrogen-bond acceptors (Lipinski definition) is 5. The van der Waals surface area contributed by atoms with Crippen LogP contribution in [0.25, 0.3) is 0 Å². The molecule has 0 N–H and O–H groups in total. The Morgan fingerprint density at radius 3 is 2.73 bits per heavy atom. The SMILES string of the molecule is CCOc1ccc(OC(=O)[C@@H]2CS[C@@]3(C)CCC(=O)N23)cc1. The third-order valence-corrected chi connectivity index (χ3v) is 5.58. The molecule has 0 unspecified atom stereocenters. The first-order valence-electron chi connectivity index (χ1n) is 7.44. The highest BCUT2D eigenvalue weighted by Crippen LogP contribution is 2.47. The molecule has 2 atom stereocenters. The van der Waals surface area contributed by atoms with Crippen molar-refractivity contribution in [1.82, 2.24) is 4.90 Å². The number of nitrogens with zero attached hydrogens (tertiary/aromatic N) is 1. The van der Waals surface area contributed by atoms with E-state index in [1.165, 1.54) is 0 Å². The lowest BCUT2D eigenvalue weighted by atomic mass is 10.2. The van der Waals surface area contributed by atoms with Gasteiger partial charge in [0.05, 0.1) is 11.5 Å². The van der Waals surface area contributed by atoms with Gasteiger partial charge in [0.25, 0.3) is 0 Å². The molecule has 1 aromatic carbocycles. The van der Waals surface area contributed by atoms with Gasteiger partial charge in [-0.1, -0.05) is 0 Å². The largest absolute Gasteiger partial charge is 0.494 e. The van der Waals surface area contributed by atoms with Gasteiger partial charge in [-0.05, 0) is 44.5 Å². The van der Waals surface area contributed by atoms with Crippen LogP contribution in [0.3, 0.4) is 0 Å². The summed E-state index contributed by atoms with van der Waals surface area (Å²) in [5.41, 5.74) is 0. The Bertz CT molecular complexity index is 588. The second-order valence-electron chi connectivity index (χ2n) is 5.59. The summed E-state index contributed by atoms with van der Waals surface area (Å²) < 4.78 is 10.8. The number of ether oxygens (including phenoxy) is 2. The molecule has 5 nitrogen and oxygen atoms in total. The van der Waals surface area contributed by atoms with Crippen LogP contribution >= 0.6 is 11.8 Å². The average Bonchev–Trinajstić information content (AvgIpc) is 2.98. The molecule has 1 aromatic rings. The standard InChI is InChI=1S/C16H19NO4S/c1-3-20-11-4-6-12(7-5-11)21-15(19)13-10-22-16(2)9-8-14(18)17(13)16/h4-7,13H,3,8-10H2,1-2H3/t13-,16-/m0/s1. The predicted molar refractivity (Wildman–Crippen MR) is 84.0 cm³/mol. The summed E-state index contributed by atoms with van der Waals surface area (Å²) in [6, 6.07) is 6.45. The van der Waals surface area contributed by atoms with Gasteiger partial charge in [0.1, 0.15) is 17.5 Å². The van der Waals surface area contributed by atoms with Crippen molar-refractivity contribution in [1.29, 1.82) is 0 Å². The number of fused-ring (bicyclic) bond motifs is 1. The van der Waals surface area contributed by atoms with E-state index in [1.807, 2.05) is 13.8 Å². The molecule has 0 bridgehead atoms. The quantitative estimate of drug-likeness (QED) is 0.630. The van der Waals surface area contributed by atoms with Gasteiger partial charge in [-0.2, -0.15) is 0 Å². The van der Waals surface area contributed by atoms with Crippen LogP contribution in [0, 0.1) is 0 Å². The van der Waals surface area contributed by atoms with Gasteiger partial charge in [0.15, 0.2) is 0 Å². The fourth-order valence-corrected chi connectivity index (χ4v) is 4.37. The second-order valence-corrected chi connectivity index (χ2v) is 7.09. The van der Waals surface area contributed by atoms with Crippen molar-refractivity contribution in [2.75, 3.05) is 12.4 Å². The maximum absolute atomic E-state index is 12.4. The molecule has 0 radical (unpaired) electrons. The van der Waals surface area contributed by atoms with E-state index in [1.54, 1.807) is 40.9 Å². The van der Waals surface area contributed by atoms with Crippen LogP contribution in [0.4, 0.5) is 0 Å². The highest BCUT2D eigenvalue weighted by Gasteiger charge is 2.53. The van der Waals surface area contributed by atoms with Crippen LogP contribution in [-0.2, 0) is 9.59 Å². The highest BCUT2D eigenvalue weighted by molar-refractivity contribution is 8.01. The third-order valence-electron chi connectivity index (χ3n) is 4.07. The lowest BCUT2D eigenvalue weighted by Gasteiger charge is -2.29. The lowest BCUT2D eigenvalue weighted by molar-refractivity contribution is -0.146. The molecule has 2 aliphatic heterocycles. The van der Waals surface area contributed by atoms with E-state index >= 15 is 0 Å². The summed E-state index contributed by atoms with van der Waals surface area (Å²) >= 11 is 1.66. The van der Waals surface area contributed by atoms with Gasteiger partial charge in [-0.25, -0.2) is 4.79 Å². The Morgan fingerprint density at radius 2 is 2.05 bits per heavy atom. The molecule has 22 heavy (non-hydrogen) atoms. The zero-order chi connectivity index (χ0) is 15.7. The summed E-state index contributed by atoms with van der Waals surface area (Å²) in [4.78, 5) is 25.9. The van der Waals surface area contributed by atoms with E-state index in [0.717, 1.165) is 12.2 Å². The zero-order valence-electron chi connectivity index (χ0n) is 12.7. The van der Waals surface area contributed by atoms with Crippen molar-refractivity contribution in [2.24, 2.45) is 0 Å². The van der Waals surface area contributed by atoms with Crippen molar-refractivity contribution in [2.45, 2.75) is 37.6 Å². The van der Waals surface area contributed by atoms with Crippen LogP contribution in [-0.4, -0.2) is 40.0 Å². The summed E-state index contributed by atoms with van der Waals surface area (Å²) in [6.45, 7) is 4.52. The van der Waals surface area contributed by atoms with Crippen LogP contribution in [0.5, 0.6) is 11.5 Å². The third kappa shape index (κ3) is 2.67. The molecule has 1 amide bonds. The highest BCUT2D eigenvalue weighted by atomic mass is 32.2. The Kier molecular flexibility index (Phi) is 4.04. The van der Waals surface area contributed by atoms with Crippen molar-refractivity contribution in [3.8, 4) is 11.5 Å². The summed E-state index contributed by atoms with van der Waals surface area (Å²) in [6.07, 6.45) is 1.31. The number of carbonyl (C=O) groups excluding carboxylic acids is 2. The molecule has 118 valence electrons. The second kappa shape index (κ2) is 5.83. The first-order chi connectivity index (χ1) is 10.5. The normalized spacial score (nSPS) is 26.9. The van der Waals surface area contributed by atoms with Crippen LogP contribution in [0.1, 0.15) is 26.7 Å². The molecule has 0 spiro atoms. The number of benzene rings is 1. The summed E-state index contributed by atoms with van der Waals surface area (Å²) in [7, 11) is 0. The van der Waals surface area contributed by atoms with Crippen LogP contribution in [0.2, 0.25) is 0 Å². The first kappa shape index (κ1) is 15.2. The van der Waals surface area contributed by atoms with E-state index in [0.29, 0.717) is 24.5 Å². The van der Waals surface area contributed by atoms with Crippen molar-refractivity contribution in [3.05, 3.63) is 24.3 Å². The molecular formula is C16H19NO4S. The minimum Gasteiger partial charge on any atom is -0.494 e. The molecule has 6 heteroatoms. The van der Waals surface area contributed by atoms with E-state index in [4.69, 9.17) is 9.47 Å². The van der Waals surface area contributed by atoms with E-state index in [9.17, 15) is 9.59 Å². The number of hydrogen-bond donors (Lipinski definition) is 0. The minimum absolute atomic E-state index is 0.0427. The first-order valence-corrected chi connectivity index (χ1v) is 8.43. The molecule has 2 aliphatic rings. The Morgan fingerprint density at radius 1 is 1.36 bits per heavy atom.